The Balaban J connectivity index is 2.31. The summed E-state index contributed by atoms with van der Waals surface area (Å²) in [6.07, 6.45) is -3.48. The fraction of sp³-hybridized carbons (Fsp3) is 0.455. The van der Waals surface area contributed by atoms with Gasteiger partial charge in [-0.15, -0.1) is 0 Å². The van der Waals surface area contributed by atoms with Crippen molar-refractivity contribution in [3.05, 3.63) is 34.3 Å². The van der Waals surface area contributed by atoms with Gasteiger partial charge in [0.1, 0.15) is 0 Å². The van der Waals surface area contributed by atoms with Gasteiger partial charge in [-0.25, -0.2) is 0 Å². The first-order valence-electron chi connectivity index (χ1n) is 5.00. The van der Waals surface area contributed by atoms with E-state index in [1.54, 1.807) is 0 Å². The maximum atomic E-state index is 12.5. The molecule has 0 aromatic heterocycles. The Labute approximate surface area is 96.4 Å². The molecule has 0 saturated heterocycles. The number of alkyl halides is 3. The Morgan fingerprint density at radius 2 is 2.06 bits per heavy atom. The summed E-state index contributed by atoms with van der Waals surface area (Å²) in [5.41, 5.74) is 5.40. The van der Waals surface area contributed by atoms with Crippen LogP contribution in [0.15, 0.2) is 18.2 Å². The highest BCUT2D eigenvalue weighted by atomic mass is 35.5. The van der Waals surface area contributed by atoms with E-state index in [1.807, 2.05) is 0 Å². The van der Waals surface area contributed by atoms with E-state index in [2.05, 4.69) is 0 Å². The highest BCUT2D eigenvalue weighted by Gasteiger charge is 2.40. The second-order valence-corrected chi connectivity index (χ2v) is 4.48. The number of rotatable bonds is 2. The Bertz CT molecular complexity index is 403. The first-order valence-corrected chi connectivity index (χ1v) is 5.38. The van der Waals surface area contributed by atoms with Crippen LogP contribution in [-0.4, -0.2) is 6.54 Å². The summed E-state index contributed by atoms with van der Waals surface area (Å²) in [6.45, 7) is 0.497. The molecule has 1 aromatic carbocycles. The smallest absolute Gasteiger partial charge is 0.330 e. The third kappa shape index (κ3) is 2.18. The van der Waals surface area contributed by atoms with E-state index in [0.717, 1.165) is 18.6 Å². The Kier molecular flexibility index (Phi) is 2.88. The van der Waals surface area contributed by atoms with Gasteiger partial charge in [0, 0.05) is 5.02 Å². The van der Waals surface area contributed by atoms with Crippen molar-refractivity contribution in [2.45, 2.75) is 18.5 Å². The van der Waals surface area contributed by atoms with Crippen LogP contribution < -0.4 is 5.73 Å². The molecule has 0 heterocycles. The molecular formula is C11H11ClF3N. The third-order valence-corrected chi connectivity index (χ3v) is 3.29. The zero-order chi connectivity index (χ0) is 11.9. The maximum absolute atomic E-state index is 12.5. The number of halogens is 4. The molecular weight excluding hydrogens is 239 g/mol. The molecule has 2 N–H and O–H groups in total. The van der Waals surface area contributed by atoms with Gasteiger partial charge in [-0.05, 0) is 48.6 Å². The third-order valence-electron chi connectivity index (χ3n) is 2.95. The van der Waals surface area contributed by atoms with Crippen molar-refractivity contribution in [1.29, 1.82) is 0 Å². The highest BCUT2D eigenvalue weighted by Crippen LogP contribution is 2.49. The molecule has 0 amide bonds. The molecule has 0 spiro atoms. The first kappa shape index (κ1) is 11.7. The molecule has 2 unspecified atom stereocenters. The molecule has 0 radical (unpaired) electrons. The maximum Gasteiger partial charge on any atom is 0.416 e. The minimum absolute atomic E-state index is 0.0970. The minimum Gasteiger partial charge on any atom is -0.330 e. The van der Waals surface area contributed by atoms with Crippen molar-refractivity contribution in [1.82, 2.24) is 0 Å². The Morgan fingerprint density at radius 1 is 1.38 bits per heavy atom. The predicted octanol–water partition coefficient (Wildman–Crippen LogP) is 3.42. The molecule has 0 bridgehead atoms. The lowest BCUT2D eigenvalue weighted by molar-refractivity contribution is -0.137. The SMILES string of the molecule is NCC1CC1c1cc(C(F)(F)F)ccc1Cl. The molecule has 1 aliphatic rings. The van der Waals surface area contributed by atoms with Crippen molar-refractivity contribution in [2.24, 2.45) is 11.7 Å². The Hall–Kier alpha value is -0.740. The molecule has 1 saturated carbocycles. The van der Waals surface area contributed by atoms with E-state index in [0.29, 0.717) is 17.1 Å². The summed E-state index contributed by atoms with van der Waals surface area (Å²) < 4.78 is 37.5. The molecule has 5 heteroatoms. The lowest BCUT2D eigenvalue weighted by Crippen LogP contribution is -2.06. The molecule has 1 aliphatic carbocycles. The molecule has 1 fully saturated rings. The van der Waals surface area contributed by atoms with Crippen LogP contribution in [-0.2, 0) is 6.18 Å². The van der Waals surface area contributed by atoms with Gasteiger partial charge in [-0.3, -0.25) is 0 Å². The number of hydrogen-bond donors (Lipinski definition) is 1. The minimum atomic E-state index is -4.31. The van der Waals surface area contributed by atoms with E-state index < -0.39 is 11.7 Å². The summed E-state index contributed by atoms with van der Waals surface area (Å²) in [7, 11) is 0. The molecule has 1 aromatic rings. The Morgan fingerprint density at radius 3 is 2.56 bits per heavy atom. The van der Waals surface area contributed by atoms with Crippen molar-refractivity contribution in [3.8, 4) is 0 Å². The predicted molar refractivity (Wildman–Crippen MR) is 56.4 cm³/mol. The monoisotopic (exact) mass is 249 g/mol. The van der Waals surface area contributed by atoms with E-state index >= 15 is 0 Å². The van der Waals surface area contributed by atoms with Crippen LogP contribution in [0.1, 0.15) is 23.5 Å². The van der Waals surface area contributed by atoms with E-state index in [1.165, 1.54) is 6.07 Å². The molecule has 0 aliphatic heterocycles. The van der Waals surface area contributed by atoms with Gasteiger partial charge in [0.05, 0.1) is 5.56 Å². The van der Waals surface area contributed by atoms with Gasteiger partial charge < -0.3 is 5.73 Å². The van der Waals surface area contributed by atoms with Crippen LogP contribution in [0.5, 0.6) is 0 Å². The lowest BCUT2D eigenvalue weighted by Gasteiger charge is -2.10. The summed E-state index contributed by atoms with van der Waals surface area (Å²) >= 11 is 5.90. The van der Waals surface area contributed by atoms with Gasteiger partial charge in [0.2, 0.25) is 0 Å². The zero-order valence-corrected chi connectivity index (χ0v) is 9.15. The van der Waals surface area contributed by atoms with Crippen LogP contribution in [0.2, 0.25) is 5.02 Å². The van der Waals surface area contributed by atoms with Crippen molar-refractivity contribution in [3.63, 3.8) is 0 Å². The summed E-state index contributed by atoms with van der Waals surface area (Å²) in [5, 5.41) is 0.397. The van der Waals surface area contributed by atoms with Crippen LogP contribution in [0.4, 0.5) is 13.2 Å². The van der Waals surface area contributed by atoms with Crippen molar-refractivity contribution >= 4 is 11.6 Å². The molecule has 2 rings (SSSR count). The average molecular weight is 250 g/mol. The number of benzene rings is 1. The van der Waals surface area contributed by atoms with Crippen LogP contribution >= 0.6 is 11.6 Å². The molecule has 2 atom stereocenters. The lowest BCUT2D eigenvalue weighted by atomic mass is 10.1. The summed E-state index contributed by atoms with van der Waals surface area (Å²) in [4.78, 5) is 0. The highest BCUT2D eigenvalue weighted by molar-refractivity contribution is 6.31. The second-order valence-electron chi connectivity index (χ2n) is 4.07. The van der Waals surface area contributed by atoms with Gasteiger partial charge in [-0.2, -0.15) is 13.2 Å². The first-order chi connectivity index (χ1) is 7.43. The van der Waals surface area contributed by atoms with Crippen molar-refractivity contribution < 1.29 is 13.2 Å². The quantitative estimate of drug-likeness (QED) is 0.854. The van der Waals surface area contributed by atoms with Crippen molar-refractivity contribution in [2.75, 3.05) is 6.54 Å². The molecule has 1 nitrogen and oxygen atoms in total. The van der Waals surface area contributed by atoms with Gasteiger partial charge in [0.25, 0.3) is 0 Å². The summed E-state index contributed by atoms with van der Waals surface area (Å²) in [6, 6.07) is 3.46. The van der Waals surface area contributed by atoms with E-state index in [-0.39, 0.29) is 11.8 Å². The largest absolute Gasteiger partial charge is 0.416 e. The van der Waals surface area contributed by atoms with Gasteiger partial charge >= 0.3 is 6.18 Å². The van der Waals surface area contributed by atoms with E-state index in [4.69, 9.17) is 17.3 Å². The second kappa shape index (κ2) is 3.93. The number of hydrogen-bond acceptors (Lipinski definition) is 1. The topological polar surface area (TPSA) is 26.0 Å². The zero-order valence-electron chi connectivity index (χ0n) is 8.39. The van der Waals surface area contributed by atoms with Gasteiger partial charge in [0.15, 0.2) is 0 Å². The summed E-state index contributed by atoms with van der Waals surface area (Å²) in [5.74, 6) is 0.376. The van der Waals surface area contributed by atoms with Gasteiger partial charge in [-0.1, -0.05) is 11.6 Å². The molecule has 16 heavy (non-hydrogen) atoms. The van der Waals surface area contributed by atoms with E-state index in [9.17, 15) is 13.2 Å². The number of nitrogens with two attached hydrogens (primary N) is 1. The van der Waals surface area contributed by atoms with Crippen LogP contribution in [0.25, 0.3) is 0 Å². The normalized spacial score (nSPS) is 24.6. The standard InChI is InChI=1S/C11H11ClF3N/c12-10-2-1-7(11(13,14)15)4-9(10)8-3-6(8)5-16/h1-2,4,6,8H,3,5,16H2. The van der Waals surface area contributed by atoms with Crippen LogP contribution in [0.3, 0.4) is 0 Å². The fourth-order valence-corrected chi connectivity index (χ4v) is 2.15. The van der Waals surface area contributed by atoms with Crippen LogP contribution in [0, 0.1) is 5.92 Å². The molecule has 88 valence electrons. The fourth-order valence-electron chi connectivity index (χ4n) is 1.89. The average Bonchev–Trinajstić information content (AvgIpc) is 2.95.